The van der Waals surface area contributed by atoms with Crippen LogP contribution in [0, 0.1) is 0 Å². The summed E-state index contributed by atoms with van der Waals surface area (Å²) in [5.41, 5.74) is 16.5. The highest BCUT2D eigenvalue weighted by molar-refractivity contribution is 5.97. The zero-order chi connectivity index (χ0) is 41.5. The molecular weight excluding hydrogens is 770 g/mol. The summed E-state index contributed by atoms with van der Waals surface area (Å²) in [5.74, 6) is -1.56. The lowest BCUT2D eigenvalue weighted by molar-refractivity contribution is -0.291. The van der Waals surface area contributed by atoms with E-state index in [2.05, 4.69) is 4.98 Å². The second-order valence-electron chi connectivity index (χ2n) is 14.5. The molecule has 5 aromatic rings. The number of aromatic amines is 1. The smallest absolute Gasteiger partial charge is 0.317 e. The van der Waals surface area contributed by atoms with Gasteiger partial charge in [0.25, 0.3) is 0 Å². The van der Waals surface area contributed by atoms with E-state index < -0.39 is 80.3 Å². The molecule has 1 saturated heterocycles. The van der Waals surface area contributed by atoms with Crippen molar-refractivity contribution in [2.45, 2.75) is 73.9 Å². The lowest BCUT2D eigenvalue weighted by atomic mass is 9.79. The summed E-state index contributed by atoms with van der Waals surface area (Å²) in [5, 5.41) is 52.7. The molecule has 17 nitrogen and oxygen atoms in total. The van der Waals surface area contributed by atoms with Crippen LogP contribution in [0.1, 0.15) is 35.1 Å². The Labute approximate surface area is 336 Å². The number of para-hydroxylation sites is 1. The average molecular weight is 814 g/mol. The number of carbonyl (C=O) groups is 2. The molecule has 4 heterocycles. The Bertz CT molecular complexity index is 2340. The van der Waals surface area contributed by atoms with Gasteiger partial charge in [-0.05, 0) is 29.3 Å². The molecule has 59 heavy (non-hydrogen) atoms. The zero-order valence-electron chi connectivity index (χ0n) is 31.5. The van der Waals surface area contributed by atoms with Gasteiger partial charge in [-0.25, -0.2) is 0 Å². The summed E-state index contributed by atoms with van der Waals surface area (Å²) in [4.78, 5) is 26.8. The molecule has 1 aromatic heterocycles. The highest BCUT2D eigenvalue weighted by atomic mass is 16.7. The van der Waals surface area contributed by atoms with Crippen LogP contribution >= 0.6 is 0 Å². The van der Waals surface area contributed by atoms with Gasteiger partial charge in [0.1, 0.15) is 54.5 Å². The summed E-state index contributed by atoms with van der Waals surface area (Å²) >= 11 is 0. The number of hydrogen-bond acceptors (Lipinski definition) is 15. The van der Waals surface area contributed by atoms with Crippen molar-refractivity contribution in [1.82, 2.24) is 4.98 Å². The Morgan fingerprint density at radius 1 is 0.915 bits per heavy atom. The van der Waals surface area contributed by atoms with Crippen LogP contribution in [0.4, 0.5) is 0 Å². The Morgan fingerprint density at radius 2 is 1.68 bits per heavy atom. The van der Waals surface area contributed by atoms with Gasteiger partial charge in [-0.1, -0.05) is 54.6 Å². The van der Waals surface area contributed by atoms with Crippen LogP contribution in [-0.2, 0) is 25.5 Å². The third kappa shape index (κ3) is 7.49. The number of aromatic nitrogens is 1. The number of ether oxygens (including phenoxy) is 7. The van der Waals surface area contributed by atoms with Crippen LogP contribution in [0.2, 0.25) is 0 Å². The van der Waals surface area contributed by atoms with E-state index in [1.165, 1.54) is 7.11 Å². The van der Waals surface area contributed by atoms with E-state index >= 15 is 0 Å². The van der Waals surface area contributed by atoms with Gasteiger partial charge in [0.2, 0.25) is 12.0 Å². The van der Waals surface area contributed by atoms with Gasteiger partial charge in [0, 0.05) is 46.3 Å². The zero-order valence-corrected chi connectivity index (χ0v) is 31.5. The summed E-state index contributed by atoms with van der Waals surface area (Å²) in [6.07, 6.45) is -12.0. The van der Waals surface area contributed by atoms with Crippen LogP contribution in [0.5, 0.6) is 28.7 Å². The van der Waals surface area contributed by atoms with Gasteiger partial charge in [0.15, 0.2) is 24.4 Å². The quantitative estimate of drug-likeness (QED) is 0.0481. The van der Waals surface area contributed by atoms with E-state index in [0.717, 1.165) is 27.6 Å². The molecule has 3 aliphatic rings. The number of aliphatic carboxylic acids is 1. The maximum Gasteiger partial charge on any atom is 0.317 e. The van der Waals surface area contributed by atoms with Crippen molar-refractivity contribution in [1.29, 1.82) is 0 Å². The molecule has 0 spiro atoms. The predicted molar refractivity (Wildman–Crippen MR) is 207 cm³/mol. The number of carboxylic acids is 1. The lowest BCUT2D eigenvalue weighted by Gasteiger charge is -2.43. The molecule has 0 aliphatic carbocycles. The highest BCUT2D eigenvalue weighted by Gasteiger charge is 2.52. The Balaban J connectivity index is 1.24. The maximum atomic E-state index is 12.3. The van der Waals surface area contributed by atoms with Crippen LogP contribution in [-0.4, -0.2) is 105 Å². The Hall–Kier alpha value is -5.92. The maximum absolute atomic E-state index is 12.3. The largest absolute Gasteiger partial charge is 0.490 e. The topological polar surface area (TPSA) is 268 Å². The molecule has 9 atom stereocenters. The van der Waals surface area contributed by atoms with Gasteiger partial charge in [-0.15, -0.1) is 0 Å². The van der Waals surface area contributed by atoms with E-state index in [4.69, 9.17) is 49.7 Å². The molecule has 4 aromatic carbocycles. The molecule has 8 rings (SSSR count). The first kappa shape index (κ1) is 39.9. The van der Waals surface area contributed by atoms with Crippen molar-refractivity contribution in [3.05, 3.63) is 102 Å². The second kappa shape index (κ2) is 16.4. The molecule has 0 amide bonds. The molecule has 9 unspecified atom stereocenters. The number of hydrogen-bond donors (Lipinski definition) is 8. The summed E-state index contributed by atoms with van der Waals surface area (Å²) < 4.78 is 42.5. The van der Waals surface area contributed by atoms with Crippen molar-refractivity contribution in [2.75, 3.05) is 13.9 Å². The van der Waals surface area contributed by atoms with Crippen molar-refractivity contribution in [2.24, 2.45) is 11.5 Å². The number of nitrogens with two attached hydrogens (primary N) is 2. The Morgan fingerprint density at radius 3 is 2.41 bits per heavy atom. The van der Waals surface area contributed by atoms with Crippen molar-refractivity contribution < 1.29 is 68.3 Å². The first-order valence-corrected chi connectivity index (χ1v) is 18.8. The number of H-pyrrole nitrogens is 1. The highest BCUT2D eigenvalue weighted by Crippen LogP contribution is 2.60. The number of methoxy groups -OCH3 is 1. The number of aliphatic hydroxyl groups excluding tert-OH is 4. The van der Waals surface area contributed by atoms with Crippen LogP contribution in [0.25, 0.3) is 22.0 Å². The molecule has 310 valence electrons. The van der Waals surface area contributed by atoms with Crippen LogP contribution < -0.4 is 35.2 Å². The number of rotatable bonds is 13. The van der Waals surface area contributed by atoms with E-state index in [1.807, 2.05) is 66.9 Å². The average Bonchev–Trinajstić information content (AvgIpc) is 3.83. The van der Waals surface area contributed by atoms with Crippen LogP contribution in [0.3, 0.4) is 0 Å². The first-order valence-electron chi connectivity index (χ1n) is 18.8. The molecular formula is C42H43N3O14. The normalized spacial score (nSPS) is 24.9. The minimum atomic E-state index is -1.91. The number of carboxylic acid groups (broad SMARTS) is 1. The fraction of sp³-hybridized carbons (Fsp3) is 0.333. The van der Waals surface area contributed by atoms with Crippen LogP contribution in [0.15, 0.2) is 85.1 Å². The lowest BCUT2D eigenvalue weighted by Crippen LogP contribution is -2.66. The minimum absolute atomic E-state index is 0.107. The van der Waals surface area contributed by atoms with E-state index in [-0.39, 0.29) is 11.7 Å². The molecule has 0 radical (unpaired) electrons. The van der Waals surface area contributed by atoms with Gasteiger partial charge < -0.3 is 75.1 Å². The van der Waals surface area contributed by atoms with Crippen molar-refractivity contribution in [3.63, 3.8) is 0 Å². The summed E-state index contributed by atoms with van der Waals surface area (Å²) in [6.45, 7) is -0.580. The standard InChI is InChI=1S/C42H43N3O14/c1-53-37-26(54-18-46)12-11-22-31-27(13-19-7-3-2-4-8-19)56-28-15-20(14-23(32(28)38(31)58-36(22)37)24-17-45-25-10-6-5-9-21(24)25)55-42-35(52)33(50)34(51)39(59-42)40(41(43)44)57-30(49)16-29(47)48/h2-12,14-15,17,27,31,33-35,38-42,45-46,50-52H,13,16,18,43-44H2,1H3,(H,47,48). The summed E-state index contributed by atoms with van der Waals surface area (Å²) in [6, 6.07) is 24.4. The monoisotopic (exact) mass is 813 g/mol. The van der Waals surface area contributed by atoms with E-state index in [1.54, 1.807) is 18.2 Å². The molecule has 17 heteroatoms. The second-order valence-corrected chi connectivity index (χ2v) is 14.5. The third-order valence-electron chi connectivity index (χ3n) is 10.8. The van der Waals surface area contributed by atoms with Gasteiger partial charge in [-0.3, -0.25) is 9.59 Å². The van der Waals surface area contributed by atoms with Gasteiger partial charge in [-0.2, -0.15) is 0 Å². The first-order chi connectivity index (χ1) is 28.5. The molecule has 1 fully saturated rings. The number of esters is 1. The fourth-order valence-corrected chi connectivity index (χ4v) is 8.20. The molecule has 3 aliphatic heterocycles. The minimum Gasteiger partial charge on any atom is -0.490 e. The van der Waals surface area contributed by atoms with Crippen molar-refractivity contribution in [3.8, 4) is 39.9 Å². The van der Waals surface area contributed by atoms with E-state index in [9.17, 15) is 30.0 Å². The van der Waals surface area contributed by atoms with Gasteiger partial charge in [0.05, 0.1) is 19.2 Å². The number of fused-ring (bicyclic) bond motifs is 6. The fourth-order valence-electron chi connectivity index (χ4n) is 8.20. The number of benzene rings is 4. The Kier molecular flexibility index (Phi) is 11.1. The third-order valence-corrected chi connectivity index (χ3v) is 10.8. The summed E-state index contributed by atoms with van der Waals surface area (Å²) in [7, 11) is 1.49. The SMILES string of the molecule is COc1c(OCO)ccc2c1OC1c3c(cc(OC4OC(C(OC(=O)CC(=O)O)C(N)N)C(O)C(O)C4O)cc3-c3c[nH]c4ccccc34)OC(Cc3ccccc3)C21. The molecule has 0 bridgehead atoms. The molecule has 10 N–H and O–H groups in total. The number of carbonyl (C=O) groups excluding carboxylic acids is 1. The number of nitrogens with one attached hydrogen (secondary N) is 1. The van der Waals surface area contributed by atoms with Gasteiger partial charge >= 0.3 is 11.9 Å². The predicted octanol–water partition coefficient (Wildman–Crippen LogP) is 2.21. The molecule has 0 saturated carbocycles. The van der Waals surface area contributed by atoms with Crippen molar-refractivity contribution >= 4 is 22.8 Å². The van der Waals surface area contributed by atoms with E-state index in [0.29, 0.717) is 40.5 Å². The number of aliphatic hydroxyl groups is 4.